The van der Waals surface area contributed by atoms with Crippen molar-refractivity contribution >= 4 is 17.7 Å². The molecular weight excluding hydrogens is 551 g/mol. The molecule has 0 aliphatic rings. The summed E-state index contributed by atoms with van der Waals surface area (Å²) in [4.78, 5) is 8.42. The van der Waals surface area contributed by atoms with E-state index in [2.05, 4.69) is 9.98 Å². The molecule has 41 heavy (non-hydrogen) atoms. The third-order valence-corrected chi connectivity index (χ3v) is 7.63. The van der Waals surface area contributed by atoms with E-state index in [1.54, 1.807) is 18.3 Å². The van der Waals surface area contributed by atoms with E-state index in [1.807, 2.05) is 49.6 Å². The fourth-order valence-electron chi connectivity index (χ4n) is 4.29. The molecule has 0 atom stereocenters. The molecule has 0 spiro atoms. The van der Waals surface area contributed by atoms with Gasteiger partial charge < -0.3 is 20.9 Å². The van der Waals surface area contributed by atoms with Crippen molar-refractivity contribution in [1.82, 2.24) is 9.55 Å². The maximum Gasteiger partial charge on any atom is 0.186 e. The number of imidazole rings is 1. The number of aliphatic imine (C=N–C) groups is 1. The number of methoxy groups -OCH3 is 1. The first-order valence-corrected chi connectivity index (χ1v) is 13.8. The summed E-state index contributed by atoms with van der Waals surface area (Å²) in [6.07, 6.45) is 1.73. The fourth-order valence-corrected chi connectivity index (χ4v) is 5.30. The molecule has 216 valence electrons. The normalized spacial score (nSPS) is 11.4. The summed E-state index contributed by atoms with van der Waals surface area (Å²) >= 11 is 1.20. The number of hydrogen-bond donors (Lipinski definition) is 2. The van der Waals surface area contributed by atoms with Crippen molar-refractivity contribution in [2.24, 2.45) is 16.5 Å². The van der Waals surface area contributed by atoms with Crippen LogP contribution in [0, 0.1) is 24.4 Å². The molecule has 0 saturated heterocycles. The van der Waals surface area contributed by atoms with Crippen LogP contribution in [0.15, 0.2) is 70.9 Å². The Balaban J connectivity index is 1.66. The first-order chi connectivity index (χ1) is 19.5. The largest absolute Gasteiger partial charge is 0.494 e. The van der Waals surface area contributed by atoms with Gasteiger partial charge in [0.05, 0.1) is 25.5 Å². The number of aromatic nitrogens is 2. The second-order valence-electron chi connectivity index (χ2n) is 9.88. The van der Waals surface area contributed by atoms with Crippen molar-refractivity contribution < 1.29 is 22.6 Å². The predicted molar refractivity (Wildman–Crippen MR) is 155 cm³/mol. The van der Waals surface area contributed by atoms with Crippen molar-refractivity contribution in [2.45, 2.75) is 37.1 Å². The zero-order valence-electron chi connectivity index (χ0n) is 23.2. The van der Waals surface area contributed by atoms with E-state index in [0.717, 1.165) is 34.6 Å². The van der Waals surface area contributed by atoms with E-state index in [9.17, 15) is 13.2 Å². The van der Waals surface area contributed by atoms with Gasteiger partial charge in [0.1, 0.15) is 24.0 Å². The Labute approximate surface area is 241 Å². The van der Waals surface area contributed by atoms with Crippen LogP contribution < -0.4 is 20.9 Å². The van der Waals surface area contributed by atoms with E-state index in [4.69, 9.17) is 20.9 Å². The van der Waals surface area contributed by atoms with Crippen LogP contribution in [-0.2, 0) is 11.2 Å². The summed E-state index contributed by atoms with van der Waals surface area (Å²) in [6, 6.07) is 14.9. The number of ether oxygens (including phenoxy) is 2. The molecular formula is C30H32F3N5O2S. The van der Waals surface area contributed by atoms with Crippen molar-refractivity contribution in [3.05, 3.63) is 101 Å². The highest BCUT2D eigenvalue weighted by Gasteiger charge is 2.30. The third-order valence-electron chi connectivity index (χ3n) is 6.65. The van der Waals surface area contributed by atoms with Crippen LogP contribution >= 0.6 is 11.8 Å². The molecule has 11 heteroatoms. The van der Waals surface area contributed by atoms with Gasteiger partial charge in [-0.25, -0.2) is 18.2 Å². The molecule has 0 aliphatic carbocycles. The molecule has 4 rings (SSSR count). The molecule has 0 saturated carbocycles. The minimum atomic E-state index is -0.734. The van der Waals surface area contributed by atoms with Crippen molar-refractivity contribution in [3.63, 3.8) is 0 Å². The van der Waals surface area contributed by atoms with Crippen molar-refractivity contribution in [1.29, 1.82) is 0 Å². The Morgan fingerprint density at radius 3 is 2.32 bits per heavy atom. The van der Waals surface area contributed by atoms with Gasteiger partial charge >= 0.3 is 0 Å². The lowest BCUT2D eigenvalue weighted by Gasteiger charge is -2.28. The average molecular weight is 584 g/mol. The van der Waals surface area contributed by atoms with Crippen LogP contribution in [0.3, 0.4) is 0 Å². The number of benzene rings is 3. The highest BCUT2D eigenvalue weighted by Crippen LogP contribution is 2.38. The number of halogens is 3. The summed E-state index contributed by atoms with van der Waals surface area (Å²) in [5, 5.41) is 0.544. The Bertz CT molecular complexity index is 1530. The molecule has 0 amide bonds. The molecule has 0 bridgehead atoms. The Hall–Kier alpha value is -4.12. The minimum Gasteiger partial charge on any atom is -0.494 e. The van der Waals surface area contributed by atoms with Crippen LogP contribution in [0.1, 0.15) is 36.2 Å². The number of rotatable bonds is 11. The number of nitrogens with zero attached hydrogens (tertiary/aromatic N) is 3. The van der Waals surface area contributed by atoms with Gasteiger partial charge in [-0.1, -0.05) is 49.4 Å². The van der Waals surface area contributed by atoms with Crippen LogP contribution in [0.4, 0.5) is 13.2 Å². The highest BCUT2D eigenvalue weighted by molar-refractivity contribution is 7.98. The second kappa shape index (κ2) is 12.6. The zero-order valence-corrected chi connectivity index (χ0v) is 24.1. The van der Waals surface area contributed by atoms with Gasteiger partial charge in [0.2, 0.25) is 0 Å². The number of thioether (sulfide) groups is 1. The summed E-state index contributed by atoms with van der Waals surface area (Å²) in [7, 11) is 1.42. The van der Waals surface area contributed by atoms with E-state index < -0.39 is 22.9 Å². The van der Waals surface area contributed by atoms with E-state index in [-0.39, 0.29) is 41.9 Å². The van der Waals surface area contributed by atoms with Crippen molar-refractivity contribution in [3.8, 4) is 17.2 Å². The topological polar surface area (TPSA) is 101 Å². The fraction of sp³-hybridized carbons (Fsp3) is 0.267. The van der Waals surface area contributed by atoms with Gasteiger partial charge in [-0.2, -0.15) is 0 Å². The molecule has 0 radical (unpaired) electrons. The van der Waals surface area contributed by atoms with Gasteiger partial charge in [-0.05, 0) is 36.8 Å². The monoisotopic (exact) mass is 583 g/mol. The standard InChI is InChI=1S/C30H32F3N5O2S/c1-18-5-8-20(9-6-18)38-27(30(2,3)19-7-10-23(31)26(13-19)39-4)16-37-29(38)41-17-22-24(32)14-21(15-25(22)33)40-12-11-36-28(34)35/h5-10,13-16H,11-12,17H2,1-4H3,(H4,34,35,36). The molecule has 4 aromatic rings. The van der Waals surface area contributed by atoms with Crippen LogP contribution in [0.25, 0.3) is 5.69 Å². The Morgan fingerprint density at radius 1 is 1.00 bits per heavy atom. The van der Waals surface area contributed by atoms with Gasteiger partial charge in [0, 0.05) is 34.6 Å². The molecule has 0 fully saturated rings. The maximum atomic E-state index is 15.0. The number of hydrogen-bond acceptors (Lipinski definition) is 5. The Kier molecular flexibility index (Phi) is 9.17. The number of nitrogens with two attached hydrogens (primary N) is 2. The summed E-state index contributed by atoms with van der Waals surface area (Å²) in [6.45, 7) is 6.22. The zero-order chi connectivity index (χ0) is 29.7. The van der Waals surface area contributed by atoms with Gasteiger partial charge in [-0.15, -0.1) is 0 Å². The summed E-state index contributed by atoms with van der Waals surface area (Å²) in [5.41, 5.74) is 13.3. The quantitative estimate of drug-likeness (QED) is 0.0991. The SMILES string of the molecule is COc1cc(C(C)(C)c2cnc(SCc3c(F)cc(OCCN=C(N)N)cc3F)n2-c2ccc(C)cc2)ccc1F. The van der Waals surface area contributed by atoms with Gasteiger partial charge in [0.25, 0.3) is 0 Å². The maximum absolute atomic E-state index is 15.0. The lowest BCUT2D eigenvalue weighted by Crippen LogP contribution is -2.23. The summed E-state index contributed by atoms with van der Waals surface area (Å²) in [5.74, 6) is -1.85. The van der Waals surface area contributed by atoms with E-state index >= 15 is 0 Å². The van der Waals surface area contributed by atoms with Gasteiger partial charge in [-0.3, -0.25) is 9.56 Å². The van der Waals surface area contributed by atoms with Crippen LogP contribution in [0.2, 0.25) is 0 Å². The lowest BCUT2D eigenvalue weighted by atomic mass is 9.81. The molecule has 7 nitrogen and oxygen atoms in total. The third kappa shape index (κ3) is 6.79. The van der Waals surface area contributed by atoms with Crippen molar-refractivity contribution in [2.75, 3.05) is 20.3 Å². The van der Waals surface area contributed by atoms with Crippen LogP contribution in [-0.4, -0.2) is 35.8 Å². The lowest BCUT2D eigenvalue weighted by molar-refractivity contribution is 0.324. The molecule has 1 aromatic heterocycles. The van der Waals surface area contributed by atoms with E-state index in [0.29, 0.717) is 5.16 Å². The Morgan fingerprint density at radius 2 is 1.68 bits per heavy atom. The van der Waals surface area contributed by atoms with Crippen LogP contribution in [0.5, 0.6) is 11.5 Å². The molecule has 1 heterocycles. The van der Waals surface area contributed by atoms with E-state index in [1.165, 1.54) is 24.9 Å². The minimum absolute atomic E-state index is 0.0148. The average Bonchev–Trinajstić information content (AvgIpc) is 3.36. The number of aryl methyl sites for hydroxylation is 1. The predicted octanol–water partition coefficient (Wildman–Crippen LogP) is 5.88. The summed E-state index contributed by atoms with van der Waals surface area (Å²) < 4.78 is 56.7. The highest BCUT2D eigenvalue weighted by atomic mass is 32.2. The molecule has 4 N–H and O–H groups in total. The number of guanidine groups is 1. The second-order valence-corrected chi connectivity index (χ2v) is 10.8. The molecule has 0 unspecified atom stereocenters. The molecule has 0 aliphatic heterocycles. The first kappa shape index (κ1) is 29.9. The first-order valence-electron chi connectivity index (χ1n) is 12.8. The smallest absolute Gasteiger partial charge is 0.186 e. The molecule has 3 aromatic carbocycles. The van der Waals surface area contributed by atoms with Gasteiger partial charge in [0.15, 0.2) is 22.7 Å².